The number of nitrogens with one attached hydrogen (secondary N) is 1. The second-order valence-electron chi connectivity index (χ2n) is 4.62. The third-order valence-electron chi connectivity index (χ3n) is 2.74. The molecule has 1 aromatic carbocycles. The first-order chi connectivity index (χ1) is 7.86. The molecule has 0 fully saturated rings. The molecular weight excluding hydrogens is 234 g/mol. The van der Waals surface area contributed by atoms with Crippen LogP contribution in [0.25, 0.3) is 0 Å². The van der Waals surface area contributed by atoms with E-state index in [2.05, 4.69) is 26.1 Å². The molecule has 1 rings (SSSR count). The molecule has 0 amide bonds. The monoisotopic (exact) mass is 255 g/mol. The van der Waals surface area contributed by atoms with Crippen molar-refractivity contribution in [2.75, 3.05) is 12.8 Å². The predicted molar refractivity (Wildman–Crippen MR) is 70.8 cm³/mol. The fourth-order valence-electron chi connectivity index (χ4n) is 1.90. The Morgan fingerprint density at radius 2 is 1.94 bits per heavy atom. The molecule has 0 aliphatic carbocycles. The summed E-state index contributed by atoms with van der Waals surface area (Å²) >= 11 is 0. The molecule has 0 heterocycles. The van der Waals surface area contributed by atoms with Crippen molar-refractivity contribution in [2.45, 2.75) is 31.7 Å². The summed E-state index contributed by atoms with van der Waals surface area (Å²) in [5.74, 6) is 0.421. The van der Waals surface area contributed by atoms with Gasteiger partial charge in [-0.25, -0.2) is 8.42 Å². The summed E-state index contributed by atoms with van der Waals surface area (Å²) in [5.41, 5.74) is 1.03. The highest BCUT2D eigenvalue weighted by Gasteiger charge is 2.16. The van der Waals surface area contributed by atoms with E-state index < -0.39 is 9.84 Å². The lowest BCUT2D eigenvalue weighted by atomic mass is 9.96. The van der Waals surface area contributed by atoms with Gasteiger partial charge in [-0.05, 0) is 30.2 Å². The molecule has 1 atom stereocenters. The standard InChI is InChI=1S/C13H21NO2S/c1-5-14-13(10(2)3)11-7-6-8-12(9-11)17(4,15)16/h6-10,13-14H,5H2,1-4H3. The second-order valence-corrected chi connectivity index (χ2v) is 6.64. The van der Waals surface area contributed by atoms with Gasteiger partial charge in [0, 0.05) is 12.3 Å². The molecule has 0 bridgehead atoms. The Hall–Kier alpha value is -0.870. The van der Waals surface area contributed by atoms with Crippen LogP contribution in [0.2, 0.25) is 0 Å². The molecule has 0 aromatic heterocycles. The molecule has 0 spiro atoms. The summed E-state index contributed by atoms with van der Waals surface area (Å²) in [4.78, 5) is 0.388. The predicted octanol–water partition coefficient (Wildman–Crippen LogP) is 2.40. The molecule has 3 nitrogen and oxygen atoms in total. The Bertz CT molecular complexity index is 466. The quantitative estimate of drug-likeness (QED) is 0.878. The van der Waals surface area contributed by atoms with Crippen LogP contribution in [0.5, 0.6) is 0 Å². The zero-order chi connectivity index (χ0) is 13.1. The average Bonchev–Trinajstić information content (AvgIpc) is 2.24. The van der Waals surface area contributed by atoms with Crippen LogP contribution in [0.1, 0.15) is 32.4 Å². The largest absolute Gasteiger partial charge is 0.310 e. The van der Waals surface area contributed by atoms with E-state index in [9.17, 15) is 8.42 Å². The number of hydrogen-bond donors (Lipinski definition) is 1. The van der Waals surface area contributed by atoms with Gasteiger partial charge in [0.1, 0.15) is 0 Å². The Labute approximate surface area is 104 Å². The van der Waals surface area contributed by atoms with Crippen molar-refractivity contribution in [1.29, 1.82) is 0 Å². The molecule has 1 aromatic rings. The van der Waals surface area contributed by atoms with Crippen molar-refractivity contribution in [3.05, 3.63) is 29.8 Å². The van der Waals surface area contributed by atoms with Crippen LogP contribution in [0, 0.1) is 5.92 Å². The fourth-order valence-corrected chi connectivity index (χ4v) is 2.57. The Morgan fingerprint density at radius 1 is 1.29 bits per heavy atom. The lowest BCUT2D eigenvalue weighted by Crippen LogP contribution is -2.25. The highest BCUT2D eigenvalue weighted by atomic mass is 32.2. The van der Waals surface area contributed by atoms with Gasteiger partial charge in [0.05, 0.1) is 4.90 Å². The van der Waals surface area contributed by atoms with Gasteiger partial charge in [-0.1, -0.05) is 32.9 Å². The average molecular weight is 255 g/mol. The van der Waals surface area contributed by atoms with Crippen molar-refractivity contribution < 1.29 is 8.42 Å². The Balaban J connectivity index is 3.13. The van der Waals surface area contributed by atoms with Crippen LogP contribution in [-0.2, 0) is 9.84 Å². The maximum Gasteiger partial charge on any atom is 0.175 e. The molecular formula is C13H21NO2S. The van der Waals surface area contributed by atoms with Gasteiger partial charge in [-0.3, -0.25) is 0 Å². The topological polar surface area (TPSA) is 46.2 Å². The molecule has 1 N–H and O–H groups in total. The zero-order valence-corrected chi connectivity index (χ0v) is 11.7. The van der Waals surface area contributed by atoms with E-state index in [4.69, 9.17) is 0 Å². The highest BCUT2D eigenvalue weighted by Crippen LogP contribution is 2.23. The van der Waals surface area contributed by atoms with E-state index in [1.54, 1.807) is 18.2 Å². The van der Waals surface area contributed by atoms with E-state index in [1.165, 1.54) is 6.26 Å². The molecule has 0 saturated carbocycles. The van der Waals surface area contributed by atoms with E-state index in [1.807, 2.05) is 6.07 Å². The van der Waals surface area contributed by atoms with Crippen LogP contribution in [0.4, 0.5) is 0 Å². The molecule has 0 saturated heterocycles. The highest BCUT2D eigenvalue weighted by molar-refractivity contribution is 7.90. The third kappa shape index (κ3) is 3.82. The minimum absolute atomic E-state index is 0.196. The van der Waals surface area contributed by atoms with E-state index >= 15 is 0 Å². The van der Waals surface area contributed by atoms with Gasteiger partial charge in [0.25, 0.3) is 0 Å². The van der Waals surface area contributed by atoms with E-state index in [0.29, 0.717) is 10.8 Å². The van der Waals surface area contributed by atoms with Crippen molar-refractivity contribution in [1.82, 2.24) is 5.32 Å². The number of benzene rings is 1. The van der Waals surface area contributed by atoms with Gasteiger partial charge in [0.15, 0.2) is 9.84 Å². The van der Waals surface area contributed by atoms with Crippen molar-refractivity contribution in [3.63, 3.8) is 0 Å². The lowest BCUT2D eigenvalue weighted by molar-refractivity contribution is 0.421. The van der Waals surface area contributed by atoms with Crippen LogP contribution >= 0.6 is 0 Å². The molecule has 0 aliphatic heterocycles. The van der Waals surface area contributed by atoms with Gasteiger partial charge < -0.3 is 5.32 Å². The normalized spacial score (nSPS) is 13.9. The molecule has 0 radical (unpaired) electrons. The summed E-state index contributed by atoms with van der Waals surface area (Å²) in [6.07, 6.45) is 1.24. The van der Waals surface area contributed by atoms with Crippen LogP contribution in [0.3, 0.4) is 0 Å². The summed E-state index contributed by atoms with van der Waals surface area (Å²) in [5, 5.41) is 3.38. The molecule has 1 unspecified atom stereocenters. The van der Waals surface area contributed by atoms with E-state index in [-0.39, 0.29) is 6.04 Å². The fraction of sp³-hybridized carbons (Fsp3) is 0.538. The molecule has 17 heavy (non-hydrogen) atoms. The maximum absolute atomic E-state index is 11.5. The van der Waals surface area contributed by atoms with Gasteiger partial charge in [0.2, 0.25) is 0 Å². The van der Waals surface area contributed by atoms with Crippen molar-refractivity contribution in [3.8, 4) is 0 Å². The second kappa shape index (κ2) is 5.65. The number of hydrogen-bond acceptors (Lipinski definition) is 3. The first-order valence-corrected chi connectivity index (χ1v) is 7.78. The first-order valence-electron chi connectivity index (χ1n) is 5.89. The maximum atomic E-state index is 11.5. The molecule has 0 aliphatic rings. The number of rotatable bonds is 5. The Kier molecular flexibility index (Phi) is 4.71. The van der Waals surface area contributed by atoms with Crippen molar-refractivity contribution >= 4 is 9.84 Å². The zero-order valence-electron chi connectivity index (χ0n) is 10.9. The van der Waals surface area contributed by atoms with Gasteiger partial charge >= 0.3 is 0 Å². The molecule has 4 heteroatoms. The minimum atomic E-state index is -3.13. The minimum Gasteiger partial charge on any atom is -0.310 e. The van der Waals surface area contributed by atoms with Crippen LogP contribution < -0.4 is 5.32 Å². The van der Waals surface area contributed by atoms with Crippen LogP contribution in [0.15, 0.2) is 29.2 Å². The summed E-state index contributed by atoms with van der Waals surface area (Å²) in [6.45, 7) is 7.17. The van der Waals surface area contributed by atoms with Gasteiger partial charge in [-0.2, -0.15) is 0 Å². The Morgan fingerprint density at radius 3 is 2.41 bits per heavy atom. The SMILES string of the molecule is CCNC(c1cccc(S(C)(=O)=O)c1)C(C)C. The lowest BCUT2D eigenvalue weighted by Gasteiger charge is -2.22. The number of sulfone groups is 1. The summed E-state index contributed by atoms with van der Waals surface area (Å²) in [6, 6.07) is 7.38. The van der Waals surface area contributed by atoms with Gasteiger partial charge in [-0.15, -0.1) is 0 Å². The third-order valence-corrected chi connectivity index (χ3v) is 3.85. The van der Waals surface area contributed by atoms with E-state index in [0.717, 1.165) is 12.1 Å². The summed E-state index contributed by atoms with van der Waals surface area (Å²) in [7, 11) is -3.13. The summed E-state index contributed by atoms with van der Waals surface area (Å²) < 4.78 is 23.0. The first kappa shape index (κ1) is 14.2. The smallest absolute Gasteiger partial charge is 0.175 e. The van der Waals surface area contributed by atoms with Crippen LogP contribution in [-0.4, -0.2) is 21.2 Å². The van der Waals surface area contributed by atoms with Crippen molar-refractivity contribution in [2.24, 2.45) is 5.92 Å². The molecule has 96 valence electrons.